The smallest absolute Gasteiger partial charge is 0.337 e. The first-order chi connectivity index (χ1) is 8.99. The molecule has 0 aliphatic rings. The molecule has 0 unspecified atom stereocenters. The van der Waals surface area contributed by atoms with Crippen molar-refractivity contribution in [1.82, 2.24) is 15.4 Å². The van der Waals surface area contributed by atoms with E-state index in [1.165, 1.54) is 0 Å². The maximum absolute atomic E-state index is 13.1. The lowest BCUT2D eigenvalue weighted by molar-refractivity contribution is 0.0697. The van der Waals surface area contributed by atoms with Crippen LogP contribution in [0.5, 0.6) is 0 Å². The van der Waals surface area contributed by atoms with Crippen molar-refractivity contribution in [3.05, 3.63) is 41.2 Å². The van der Waals surface area contributed by atoms with Crippen molar-refractivity contribution in [1.29, 1.82) is 0 Å². The summed E-state index contributed by atoms with van der Waals surface area (Å²) in [5, 5.41) is 20.0. The van der Waals surface area contributed by atoms with Crippen LogP contribution >= 0.6 is 0 Å². The van der Waals surface area contributed by atoms with Gasteiger partial charge in [-0.15, -0.1) is 0 Å². The van der Waals surface area contributed by atoms with E-state index in [9.17, 15) is 18.4 Å². The molecule has 0 atom stereocenters. The third-order valence-electron chi connectivity index (χ3n) is 2.19. The molecule has 2 aromatic rings. The third-order valence-corrected chi connectivity index (χ3v) is 2.19. The van der Waals surface area contributed by atoms with E-state index in [1.807, 2.05) is 0 Å². The fourth-order valence-corrected chi connectivity index (χ4v) is 1.32. The molecule has 1 aromatic heterocycles. The number of anilines is 1. The zero-order valence-electron chi connectivity index (χ0n) is 9.15. The molecule has 98 valence electrons. The maximum atomic E-state index is 13.1. The number of H-pyrrole nitrogens is 1. The van der Waals surface area contributed by atoms with Gasteiger partial charge in [-0.2, -0.15) is 15.4 Å². The molecule has 1 aromatic carbocycles. The molecule has 3 N–H and O–H groups in total. The van der Waals surface area contributed by atoms with Crippen LogP contribution in [0, 0.1) is 11.6 Å². The number of carbonyl (C=O) groups excluding carboxylic acids is 1. The van der Waals surface area contributed by atoms with Crippen LogP contribution in [0.1, 0.15) is 20.8 Å². The number of amides is 1. The van der Waals surface area contributed by atoms with Crippen molar-refractivity contribution in [2.24, 2.45) is 0 Å². The summed E-state index contributed by atoms with van der Waals surface area (Å²) < 4.78 is 26.0. The fourth-order valence-electron chi connectivity index (χ4n) is 1.32. The van der Waals surface area contributed by atoms with Crippen molar-refractivity contribution >= 4 is 17.6 Å². The monoisotopic (exact) mass is 268 g/mol. The second-order valence-corrected chi connectivity index (χ2v) is 3.43. The molecule has 19 heavy (non-hydrogen) atoms. The summed E-state index contributed by atoms with van der Waals surface area (Å²) >= 11 is 0. The Labute approximate surface area is 104 Å². The van der Waals surface area contributed by atoms with Crippen LogP contribution in [0.15, 0.2) is 18.3 Å². The SMILES string of the molecule is O=C(Nc1cc(F)c(F)cc1C(=O)O)c1cn[nH]n1. The summed E-state index contributed by atoms with van der Waals surface area (Å²) in [6.45, 7) is 0. The lowest BCUT2D eigenvalue weighted by Crippen LogP contribution is -2.16. The molecule has 2 rings (SSSR count). The van der Waals surface area contributed by atoms with Gasteiger partial charge >= 0.3 is 5.97 Å². The van der Waals surface area contributed by atoms with Crippen LogP contribution < -0.4 is 5.32 Å². The van der Waals surface area contributed by atoms with E-state index >= 15 is 0 Å². The number of hydrogen-bond acceptors (Lipinski definition) is 4. The third kappa shape index (κ3) is 2.54. The molecule has 0 aliphatic carbocycles. The first kappa shape index (κ1) is 12.6. The Morgan fingerprint density at radius 2 is 1.95 bits per heavy atom. The van der Waals surface area contributed by atoms with Gasteiger partial charge in [0, 0.05) is 6.07 Å². The highest BCUT2D eigenvalue weighted by Crippen LogP contribution is 2.20. The van der Waals surface area contributed by atoms with E-state index in [1.54, 1.807) is 0 Å². The van der Waals surface area contributed by atoms with Gasteiger partial charge in [-0.1, -0.05) is 0 Å². The number of halogens is 2. The highest BCUT2D eigenvalue weighted by Gasteiger charge is 2.18. The zero-order valence-corrected chi connectivity index (χ0v) is 9.15. The lowest BCUT2D eigenvalue weighted by Gasteiger charge is -2.07. The molecular weight excluding hydrogens is 262 g/mol. The number of aromatic amines is 1. The Kier molecular flexibility index (Phi) is 3.19. The molecule has 9 heteroatoms. The molecule has 0 bridgehead atoms. The van der Waals surface area contributed by atoms with E-state index < -0.39 is 29.1 Å². The average molecular weight is 268 g/mol. The summed E-state index contributed by atoms with van der Waals surface area (Å²) in [6.07, 6.45) is 1.09. The van der Waals surface area contributed by atoms with Gasteiger partial charge in [0.05, 0.1) is 17.4 Å². The second-order valence-electron chi connectivity index (χ2n) is 3.43. The number of rotatable bonds is 3. The molecule has 1 heterocycles. The number of aromatic carboxylic acids is 1. The summed E-state index contributed by atoms with van der Waals surface area (Å²) in [4.78, 5) is 22.5. The van der Waals surface area contributed by atoms with Crippen LogP contribution in [-0.4, -0.2) is 32.4 Å². The minimum absolute atomic E-state index is 0.124. The average Bonchev–Trinajstić information content (AvgIpc) is 2.86. The van der Waals surface area contributed by atoms with Crippen LogP contribution in [0.4, 0.5) is 14.5 Å². The molecule has 0 saturated carbocycles. The number of nitrogens with one attached hydrogen (secondary N) is 2. The Bertz CT molecular complexity index is 642. The zero-order chi connectivity index (χ0) is 14.0. The van der Waals surface area contributed by atoms with Crippen LogP contribution in [0.2, 0.25) is 0 Å². The van der Waals surface area contributed by atoms with Gasteiger partial charge < -0.3 is 10.4 Å². The largest absolute Gasteiger partial charge is 0.478 e. The standard InChI is InChI=1S/C10H6F2N4O3/c11-5-1-4(10(18)19)7(2-6(5)12)14-9(17)8-3-13-16-15-8/h1-3H,(H,14,17)(H,18,19)(H,13,15,16). The van der Waals surface area contributed by atoms with Gasteiger partial charge in [-0.3, -0.25) is 4.79 Å². The molecule has 0 spiro atoms. The highest BCUT2D eigenvalue weighted by molar-refractivity contribution is 6.06. The molecule has 7 nitrogen and oxygen atoms in total. The summed E-state index contributed by atoms with van der Waals surface area (Å²) in [6, 6.07) is 1.06. The number of carboxylic acid groups (broad SMARTS) is 1. The summed E-state index contributed by atoms with van der Waals surface area (Å²) in [7, 11) is 0. The predicted molar refractivity (Wildman–Crippen MR) is 57.7 cm³/mol. The topological polar surface area (TPSA) is 108 Å². The number of hydrogen-bond donors (Lipinski definition) is 3. The van der Waals surface area contributed by atoms with Crippen molar-refractivity contribution < 1.29 is 23.5 Å². The maximum Gasteiger partial charge on any atom is 0.337 e. The van der Waals surface area contributed by atoms with Crippen molar-refractivity contribution in [3.63, 3.8) is 0 Å². The quantitative estimate of drug-likeness (QED) is 0.770. The Balaban J connectivity index is 2.36. The minimum atomic E-state index is -1.51. The van der Waals surface area contributed by atoms with Crippen LogP contribution in [0.3, 0.4) is 0 Å². The van der Waals surface area contributed by atoms with E-state index in [0.717, 1.165) is 6.20 Å². The Morgan fingerprint density at radius 1 is 1.26 bits per heavy atom. The summed E-state index contributed by atoms with van der Waals surface area (Å²) in [5.41, 5.74) is -1.07. The normalized spacial score (nSPS) is 10.2. The van der Waals surface area contributed by atoms with Gasteiger partial charge in [0.2, 0.25) is 0 Å². The number of nitrogens with zero attached hydrogens (tertiary/aromatic N) is 2. The number of carbonyl (C=O) groups is 2. The first-order valence-corrected chi connectivity index (χ1v) is 4.88. The van der Waals surface area contributed by atoms with Crippen LogP contribution in [0.25, 0.3) is 0 Å². The van der Waals surface area contributed by atoms with Gasteiger partial charge in [0.15, 0.2) is 17.3 Å². The molecule has 0 radical (unpaired) electrons. The number of aromatic nitrogens is 3. The number of carboxylic acids is 1. The molecule has 0 fully saturated rings. The van der Waals surface area contributed by atoms with Crippen LogP contribution in [-0.2, 0) is 0 Å². The lowest BCUT2D eigenvalue weighted by atomic mass is 10.1. The van der Waals surface area contributed by atoms with E-state index in [0.29, 0.717) is 12.1 Å². The second kappa shape index (κ2) is 4.80. The van der Waals surface area contributed by atoms with Gasteiger partial charge in [0.1, 0.15) is 0 Å². The first-order valence-electron chi connectivity index (χ1n) is 4.88. The van der Waals surface area contributed by atoms with E-state index in [2.05, 4.69) is 20.7 Å². The van der Waals surface area contributed by atoms with E-state index in [4.69, 9.17) is 5.11 Å². The van der Waals surface area contributed by atoms with E-state index in [-0.39, 0.29) is 11.4 Å². The number of benzene rings is 1. The highest BCUT2D eigenvalue weighted by atomic mass is 19.2. The molecule has 0 aliphatic heterocycles. The Hall–Kier alpha value is -2.84. The van der Waals surface area contributed by atoms with Gasteiger partial charge in [-0.25, -0.2) is 13.6 Å². The molecule has 0 saturated heterocycles. The fraction of sp³-hybridized carbons (Fsp3) is 0. The minimum Gasteiger partial charge on any atom is -0.478 e. The Morgan fingerprint density at radius 3 is 2.53 bits per heavy atom. The molecule has 1 amide bonds. The predicted octanol–water partition coefficient (Wildman–Crippen LogP) is 1.03. The van der Waals surface area contributed by atoms with Crippen molar-refractivity contribution in [2.45, 2.75) is 0 Å². The van der Waals surface area contributed by atoms with Gasteiger partial charge in [-0.05, 0) is 6.07 Å². The van der Waals surface area contributed by atoms with Crippen molar-refractivity contribution in [2.75, 3.05) is 5.32 Å². The molecular formula is C10H6F2N4O3. The van der Waals surface area contributed by atoms with Crippen molar-refractivity contribution in [3.8, 4) is 0 Å². The summed E-state index contributed by atoms with van der Waals surface area (Å²) in [5.74, 6) is -4.91. The van der Waals surface area contributed by atoms with Gasteiger partial charge in [0.25, 0.3) is 5.91 Å².